The number of pyridine rings is 1. The zero-order valence-electron chi connectivity index (χ0n) is 12.6. The molecule has 1 amide bonds. The first-order valence-corrected chi connectivity index (χ1v) is 6.81. The Bertz CT molecular complexity index is 1000. The number of fused-ring (bicyclic) bond motifs is 1. The van der Waals surface area contributed by atoms with E-state index in [-0.39, 0.29) is 17.3 Å². The predicted octanol–water partition coefficient (Wildman–Crippen LogP) is 2.19. The summed E-state index contributed by atoms with van der Waals surface area (Å²) in [4.78, 5) is 27.6. The van der Waals surface area contributed by atoms with Crippen LogP contribution in [0.5, 0.6) is 0 Å². The first kappa shape index (κ1) is 16.4. The summed E-state index contributed by atoms with van der Waals surface area (Å²) in [5.41, 5.74) is -0.457. The van der Waals surface area contributed by atoms with Crippen molar-refractivity contribution in [1.82, 2.24) is 14.6 Å². The third kappa shape index (κ3) is 2.89. The molecule has 2 aromatic heterocycles. The number of carbonyl (C=O) groups is 2. The van der Waals surface area contributed by atoms with Crippen LogP contribution in [0.4, 0.5) is 19.1 Å². The van der Waals surface area contributed by atoms with Gasteiger partial charge in [0.25, 0.3) is 5.91 Å². The Kier molecular flexibility index (Phi) is 4.09. The number of hydrogen-bond acceptors (Lipinski definition) is 5. The van der Waals surface area contributed by atoms with E-state index in [4.69, 9.17) is 0 Å². The number of methoxy groups -OCH3 is 1. The molecule has 0 unspecified atom stereocenters. The van der Waals surface area contributed by atoms with E-state index in [9.17, 15) is 22.8 Å². The molecule has 25 heavy (non-hydrogen) atoms. The number of halogens is 3. The lowest BCUT2D eigenvalue weighted by molar-refractivity contribution is 0.0590. The molecule has 0 saturated heterocycles. The molecule has 3 aromatic rings. The Morgan fingerprint density at radius 1 is 1.12 bits per heavy atom. The number of rotatable bonds is 3. The van der Waals surface area contributed by atoms with Crippen LogP contribution in [0.3, 0.4) is 0 Å². The molecule has 10 heteroatoms. The number of amides is 1. The van der Waals surface area contributed by atoms with Crippen LogP contribution < -0.4 is 5.32 Å². The van der Waals surface area contributed by atoms with Gasteiger partial charge in [-0.25, -0.2) is 22.5 Å². The Balaban J connectivity index is 1.95. The molecule has 128 valence electrons. The molecule has 3 rings (SSSR count). The Labute approximate surface area is 138 Å². The van der Waals surface area contributed by atoms with E-state index in [0.717, 1.165) is 10.6 Å². The van der Waals surface area contributed by atoms with Crippen LogP contribution in [-0.4, -0.2) is 33.6 Å². The maximum Gasteiger partial charge on any atom is 0.356 e. The van der Waals surface area contributed by atoms with Gasteiger partial charge in [0, 0.05) is 0 Å². The van der Waals surface area contributed by atoms with Gasteiger partial charge in [-0.15, -0.1) is 5.10 Å². The fourth-order valence-corrected chi connectivity index (χ4v) is 2.09. The highest BCUT2D eigenvalue weighted by atomic mass is 19.2. The lowest BCUT2D eigenvalue weighted by atomic mass is 10.2. The van der Waals surface area contributed by atoms with E-state index >= 15 is 0 Å². The summed E-state index contributed by atoms with van der Waals surface area (Å²) in [7, 11) is 1.19. The fourth-order valence-electron chi connectivity index (χ4n) is 2.09. The van der Waals surface area contributed by atoms with Crippen LogP contribution >= 0.6 is 0 Å². The first-order chi connectivity index (χ1) is 11.9. The molecule has 0 saturated carbocycles. The van der Waals surface area contributed by atoms with Gasteiger partial charge in [0.05, 0.1) is 12.7 Å². The highest BCUT2D eigenvalue weighted by Crippen LogP contribution is 2.17. The average molecular weight is 350 g/mol. The lowest BCUT2D eigenvalue weighted by Gasteiger charge is -2.03. The van der Waals surface area contributed by atoms with Crippen LogP contribution in [-0.2, 0) is 4.74 Å². The molecule has 0 fully saturated rings. The number of esters is 1. The van der Waals surface area contributed by atoms with Crippen molar-refractivity contribution < 1.29 is 27.5 Å². The third-order valence-corrected chi connectivity index (χ3v) is 3.26. The fraction of sp³-hybridized carbons (Fsp3) is 0.0667. The zero-order chi connectivity index (χ0) is 18.1. The van der Waals surface area contributed by atoms with Gasteiger partial charge in [-0.1, -0.05) is 6.07 Å². The monoisotopic (exact) mass is 350 g/mol. The number of anilines is 1. The number of ether oxygens (including phenoxy) is 1. The summed E-state index contributed by atoms with van der Waals surface area (Å²) >= 11 is 0. The maximum absolute atomic E-state index is 13.7. The molecular formula is C15H9F3N4O3. The predicted molar refractivity (Wildman–Crippen MR) is 78.6 cm³/mol. The number of benzene rings is 1. The van der Waals surface area contributed by atoms with Crippen LogP contribution in [0.2, 0.25) is 0 Å². The van der Waals surface area contributed by atoms with E-state index in [0.29, 0.717) is 6.07 Å². The maximum atomic E-state index is 13.7. The Hall–Kier alpha value is -3.43. The van der Waals surface area contributed by atoms with Crippen molar-refractivity contribution in [3.8, 4) is 0 Å². The van der Waals surface area contributed by atoms with Crippen molar-refractivity contribution in [1.29, 1.82) is 0 Å². The second-order valence-corrected chi connectivity index (χ2v) is 4.79. The molecule has 0 bridgehead atoms. The van der Waals surface area contributed by atoms with Crippen LogP contribution in [0, 0.1) is 17.5 Å². The van der Waals surface area contributed by atoms with Crippen molar-refractivity contribution in [2.45, 2.75) is 0 Å². The van der Waals surface area contributed by atoms with Gasteiger partial charge in [0.1, 0.15) is 0 Å². The summed E-state index contributed by atoms with van der Waals surface area (Å²) in [5.74, 6) is -6.82. The number of carbonyl (C=O) groups excluding carboxylic acids is 2. The Morgan fingerprint density at radius 2 is 1.88 bits per heavy atom. The van der Waals surface area contributed by atoms with Gasteiger partial charge in [-0.05, 0) is 24.3 Å². The molecule has 0 aliphatic rings. The smallest absolute Gasteiger partial charge is 0.356 e. The van der Waals surface area contributed by atoms with Crippen molar-refractivity contribution in [2.24, 2.45) is 0 Å². The van der Waals surface area contributed by atoms with Gasteiger partial charge in [0.2, 0.25) is 5.95 Å². The normalized spacial score (nSPS) is 10.7. The molecule has 0 atom stereocenters. The molecule has 0 spiro atoms. The second-order valence-electron chi connectivity index (χ2n) is 4.79. The molecule has 1 N–H and O–H groups in total. The van der Waals surface area contributed by atoms with Crippen LogP contribution in [0.1, 0.15) is 20.8 Å². The second kappa shape index (κ2) is 6.23. The van der Waals surface area contributed by atoms with Crippen molar-refractivity contribution in [2.75, 3.05) is 12.4 Å². The standard InChI is InChI=1S/C15H9F3N4O3/c1-25-14(24)9-3-2-4-10-19-15(21-22(9)10)20-13(23)7-5-6-8(16)12(18)11(7)17/h2-6H,1H3,(H,20,21,23). The number of aromatic nitrogens is 3. The summed E-state index contributed by atoms with van der Waals surface area (Å²) in [6.07, 6.45) is 0. The minimum Gasteiger partial charge on any atom is -0.464 e. The molecule has 0 radical (unpaired) electrons. The zero-order valence-corrected chi connectivity index (χ0v) is 12.6. The largest absolute Gasteiger partial charge is 0.464 e. The van der Waals surface area contributed by atoms with E-state index < -0.39 is 34.9 Å². The molecule has 1 aromatic carbocycles. The van der Waals surface area contributed by atoms with Crippen molar-refractivity contribution in [3.63, 3.8) is 0 Å². The first-order valence-electron chi connectivity index (χ1n) is 6.81. The summed E-state index contributed by atoms with van der Waals surface area (Å²) in [5, 5.41) is 6.06. The third-order valence-electron chi connectivity index (χ3n) is 3.26. The summed E-state index contributed by atoms with van der Waals surface area (Å²) in [6.45, 7) is 0. The molecule has 0 aliphatic heterocycles. The highest BCUT2D eigenvalue weighted by Gasteiger charge is 2.21. The van der Waals surface area contributed by atoms with Gasteiger partial charge >= 0.3 is 5.97 Å². The molecule has 0 aliphatic carbocycles. The van der Waals surface area contributed by atoms with Crippen LogP contribution in [0.25, 0.3) is 5.65 Å². The van der Waals surface area contributed by atoms with Gasteiger partial charge in [-0.3, -0.25) is 10.1 Å². The van der Waals surface area contributed by atoms with Crippen molar-refractivity contribution in [3.05, 3.63) is 59.0 Å². The van der Waals surface area contributed by atoms with Gasteiger partial charge in [0.15, 0.2) is 28.8 Å². The lowest BCUT2D eigenvalue weighted by Crippen LogP contribution is -2.16. The minimum atomic E-state index is -1.76. The number of nitrogens with one attached hydrogen (secondary N) is 1. The molecule has 7 nitrogen and oxygen atoms in total. The SMILES string of the molecule is COC(=O)c1cccc2nc(NC(=O)c3ccc(F)c(F)c3F)nn12. The van der Waals surface area contributed by atoms with Gasteiger partial charge in [-0.2, -0.15) is 4.98 Å². The number of nitrogens with zero attached hydrogens (tertiary/aromatic N) is 3. The highest BCUT2D eigenvalue weighted by molar-refractivity contribution is 6.03. The van der Waals surface area contributed by atoms with Crippen molar-refractivity contribution >= 4 is 23.5 Å². The average Bonchev–Trinajstić information content (AvgIpc) is 3.01. The minimum absolute atomic E-state index is 0.0482. The number of hydrogen-bond donors (Lipinski definition) is 1. The Morgan fingerprint density at radius 3 is 2.60 bits per heavy atom. The van der Waals surface area contributed by atoms with E-state index in [1.807, 2.05) is 0 Å². The van der Waals surface area contributed by atoms with E-state index in [2.05, 4.69) is 20.1 Å². The van der Waals surface area contributed by atoms with E-state index in [1.165, 1.54) is 25.3 Å². The summed E-state index contributed by atoms with van der Waals surface area (Å²) in [6, 6.07) is 5.87. The summed E-state index contributed by atoms with van der Waals surface area (Å²) < 4.78 is 45.5. The quantitative estimate of drug-likeness (QED) is 0.578. The molecule has 2 heterocycles. The van der Waals surface area contributed by atoms with E-state index in [1.54, 1.807) is 0 Å². The van der Waals surface area contributed by atoms with Crippen LogP contribution in [0.15, 0.2) is 30.3 Å². The van der Waals surface area contributed by atoms with Gasteiger partial charge < -0.3 is 4.74 Å². The topological polar surface area (TPSA) is 85.6 Å². The molecular weight excluding hydrogens is 341 g/mol.